The highest BCUT2D eigenvalue weighted by molar-refractivity contribution is 7.99. The minimum Gasteiger partial charge on any atom is -0.370 e. The first-order valence-corrected chi connectivity index (χ1v) is 10.4. The van der Waals surface area contributed by atoms with Crippen molar-refractivity contribution in [2.24, 2.45) is 7.05 Å². The molecule has 0 atom stereocenters. The molecule has 0 fully saturated rings. The summed E-state index contributed by atoms with van der Waals surface area (Å²) in [5, 5.41) is 10.3. The van der Waals surface area contributed by atoms with Crippen LogP contribution in [0.25, 0.3) is 16.0 Å². The molecule has 6 nitrogen and oxygen atoms in total. The van der Waals surface area contributed by atoms with Crippen molar-refractivity contribution in [3.8, 4) is 0 Å². The number of aromatic nitrogens is 4. The maximum absolute atomic E-state index is 13.0. The van der Waals surface area contributed by atoms with Gasteiger partial charge in [0, 0.05) is 24.1 Å². The van der Waals surface area contributed by atoms with Crippen molar-refractivity contribution in [3.05, 3.63) is 20.8 Å². The average molecular weight is 379 g/mol. The minimum absolute atomic E-state index is 0.00945. The van der Waals surface area contributed by atoms with E-state index in [-0.39, 0.29) is 11.2 Å². The molecule has 8 heteroatoms. The SMILES string of the molecule is CCCCSc1nnc2n(C)c(=O)c3c4c(sc3n12)COC(C)(C)C4. The highest BCUT2D eigenvalue weighted by Gasteiger charge is 2.31. The molecule has 0 radical (unpaired) electrons. The molecular formula is C17H22N4O2S2. The molecular weight excluding hydrogens is 356 g/mol. The third kappa shape index (κ3) is 2.71. The van der Waals surface area contributed by atoms with Crippen LogP contribution in [0, 0.1) is 0 Å². The maximum Gasteiger partial charge on any atom is 0.263 e. The van der Waals surface area contributed by atoms with Crippen molar-refractivity contribution in [1.29, 1.82) is 0 Å². The van der Waals surface area contributed by atoms with Crippen LogP contribution in [0.1, 0.15) is 44.1 Å². The van der Waals surface area contributed by atoms with Crippen molar-refractivity contribution < 1.29 is 4.74 Å². The van der Waals surface area contributed by atoms with Gasteiger partial charge in [0.1, 0.15) is 4.83 Å². The first-order valence-electron chi connectivity index (χ1n) is 8.58. The van der Waals surface area contributed by atoms with E-state index in [9.17, 15) is 4.79 Å². The first kappa shape index (κ1) is 17.1. The van der Waals surface area contributed by atoms with E-state index in [2.05, 4.69) is 31.0 Å². The molecule has 0 saturated heterocycles. The molecule has 0 spiro atoms. The van der Waals surface area contributed by atoms with Crippen LogP contribution < -0.4 is 5.56 Å². The van der Waals surface area contributed by atoms with Gasteiger partial charge >= 0.3 is 0 Å². The number of unbranched alkanes of at least 4 members (excludes halogenated alkanes) is 1. The van der Waals surface area contributed by atoms with E-state index in [1.165, 1.54) is 0 Å². The molecule has 0 amide bonds. The second-order valence-corrected chi connectivity index (χ2v) is 9.24. The lowest BCUT2D eigenvalue weighted by atomic mass is 9.94. The van der Waals surface area contributed by atoms with Gasteiger partial charge in [-0.25, -0.2) is 4.40 Å². The number of ether oxygens (including phenoxy) is 1. The molecule has 25 heavy (non-hydrogen) atoms. The highest BCUT2D eigenvalue weighted by atomic mass is 32.2. The lowest BCUT2D eigenvalue weighted by Crippen LogP contribution is -2.32. The number of nitrogens with zero attached hydrogens (tertiary/aromatic N) is 4. The summed E-state index contributed by atoms with van der Waals surface area (Å²) in [6.07, 6.45) is 3.04. The van der Waals surface area contributed by atoms with Gasteiger partial charge in [-0.1, -0.05) is 25.1 Å². The molecule has 3 aromatic heterocycles. The Bertz CT molecular complexity index is 1020. The van der Waals surface area contributed by atoms with Crippen LogP contribution in [-0.4, -0.2) is 30.5 Å². The van der Waals surface area contributed by atoms with E-state index in [1.807, 2.05) is 4.40 Å². The van der Waals surface area contributed by atoms with Crippen molar-refractivity contribution in [3.63, 3.8) is 0 Å². The topological polar surface area (TPSA) is 61.4 Å². The monoisotopic (exact) mass is 378 g/mol. The Morgan fingerprint density at radius 1 is 1.36 bits per heavy atom. The van der Waals surface area contributed by atoms with Gasteiger partial charge in [0.25, 0.3) is 5.56 Å². The Morgan fingerprint density at radius 2 is 2.16 bits per heavy atom. The largest absolute Gasteiger partial charge is 0.370 e. The summed E-state index contributed by atoms with van der Waals surface area (Å²) < 4.78 is 9.62. The Labute approximate surface area is 154 Å². The molecule has 0 bridgehead atoms. The van der Waals surface area contributed by atoms with E-state index >= 15 is 0 Å². The number of fused-ring (bicyclic) bond motifs is 5. The summed E-state index contributed by atoms with van der Waals surface area (Å²) in [5.41, 5.74) is 0.902. The summed E-state index contributed by atoms with van der Waals surface area (Å²) in [5.74, 6) is 1.61. The Morgan fingerprint density at radius 3 is 2.92 bits per heavy atom. The van der Waals surface area contributed by atoms with Gasteiger partial charge in [-0.05, 0) is 25.8 Å². The molecule has 4 rings (SSSR count). The molecule has 4 heterocycles. The average Bonchev–Trinajstić information content (AvgIpc) is 3.13. The molecule has 134 valence electrons. The number of aryl methyl sites for hydroxylation is 1. The molecule has 1 aliphatic rings. The smallest absolute Gasteiger partial charge is 0.263 e. The molecule has 0 aliphatic carbocycles. The van der Waals surface area contributed by atoms with Crippen molar-refractivity contribution in [1.82, 2.24) is 19.2 Å². The van der Waals surface area contributed by atoms with Crippen LogP contribution in [-0.2, 0) is 24.8 Å². The lowest BCUT2D eigenvalue weighted by molar-refractivity contribution is -0.0379. The molecule has 0 saturated carbocycles. The van der Waals surface area contributed by atoms with Gasteiger partial charge in [-0.3, -0.25) is 9.36 Å². The fraction of sp³-hybridized carbons (Fsp3) is 0.588. The van der Waals surface area contributed by atoms with Gasteiger partial charge in [0.15, 0.2) is 5.16 Å². The molecule has 1 aliphatic heterocycles. The van der Waals surface area contributed by atoms with Crippen molar-refractivity contribution in [2.45, 2.75) is 57.4 Å². The summed E-state index contributed by atoms with van der Waals surface area (Å²) >= 11 is 3.35. The Hall–Kier alpha value is -1.38. The zero-order chi connectivity index (χ0) is 17.8. The number of thiophene rings is 1. The van der Waals surface area contributed by atoms with E-state index in [1.54, 1.807) is 34.7 Å². The van der Waals surface area contributed by atoms with E-state index in [0.29, 0.717) is 12.4 Å². The van der Waals surface area contributed by atoms with Gasteiger partial charge in [-0.2, -0.15) is 0 Å². The van der Waals surface area contributed by atoms with Gasteiger partial charge in [-0.15, -0.1) is 21.5 Å². The maximum atomic E-state index is 13.0. The molecule has 0 N–H and O–H groups in total. The van der Waals surface area contributed by atoms with Gasteiger partial charge < -0.3 is 4.74 Å². The summed E-state index contributed by atoms with van der Waals surface area (Å²) in [4.78, 5) is 15.1. The van der Waals surface area contributed by atoms with Gasteiger partial charge in [0.05, 0.1) is 17.6 Å². The predicted molar refractivity (Wildman–Crippen MR) is 102 cm³/mol. The van der Waals surface area contributed by atoms with Crippen LogP contribution in [0.5, 0.6) is 0 Å². The van der Waals surface area contributed by atoms with Gasteiger partial charge in [0.2, 0.25) is 5.78 Å². The number of hydrogen-bond acceptors (Lipinski definition) is 6. The first-order chi connectivity index (χ1) is 11.9. The third-order valence-electron chi connectivity index (χ3n) is 4.64. The fourth-order valence-corrected chi connectivity index (χ4v) is 5.53. The second kappa shape index (κ2) is 6.10. The normalized spacial score (nSPS) is 16.6. The molecule has 0 aromatic carbocycles. The summed E-state index contributed by atoms with van der Waals surface area (Å²) in [6, 6.07) is 0. The van der Waals surface area contributed by atoms with Crippen LogP contribution in [0.2, 0.25) is 0 Å². The zero-order valence-corrected chi connectivity index (χ0v) is 16.6. The minimum atomic E-state index is -0.243. The standard InChI is InChI=1S/C17H22N4O2S2/c1-5-6-7-24-16-19-18-15-20(4)13(22)12-10-8-17(2,3)23-9-11(10)25-14(12)21(15)16/h5-9H2,1-4H3. The molecule has 3 aromatic rings. The summed E-state index contributed by atoms with van der Waals surface area (Å²) in [7, 11) is 1.78. The lowest BCUT2D eigenvalue weighted by Gasteiger charge is -2.29. The van der Waals surface area contributed by atoms with Crippen LogP contribution in [0.15, 0.2) is 9.95 Å². The van der Waals surface area contributed by atoms with E-state index in [4.69, 9.17) is 4.74 Å². The van der Waals surface area contributed by atoms with Crippen molar-refractivity contribution >= 4 is 39.1 Å². The Kier molecular flexibility index (Phi) is 4.16. The summed E-state index contributed by atoms with van der Waals surface area (Å²) in [6.45, 7) is 6.90. The number of hydrogen-bond donors (Lipinski definition) is 0. The highest BCUT2D eigenvalue weighted by Crippen LogP contribution is 2.38. The van der Waals surface area contributed by atoms with Crippen LogP contribution >= 0.6 is 23.1 Å². The fourth-order valence-electron chi connectivity index (χ4n) is 3.23. The molecule has 0 unspecified atom stereocenters. The Balaban J connectivity index is 1.98. The third-order valence-corrected chi connectivity index (χ3v) is 6.84. The van der Waals surface area contributed by atoms with Crippen LogP contribution in [0.3, 0.4) is 0 Å². The second-order valence-electron chi connectivity index (χ2n) is 7.09. The van der Waals surface area contributed by atoms with Crippen molar-refractivity contribution in [2.75, 3.05) is 5.75 Å². The number of thioether (sulfide) groups is 1. The predicted octanol–water partition coefficient (Wildman–Crippen LogP) is 3.39. The quantitative estimate of drug-likeness (QED) is 0.514. The zero-order valence-electron chi connectivity index (χ0n) is 15.0. The number of rotatable bonds is 4. The van der Waals surface area contributed by atoms with E-state index < -0.39 is 0 Å². The van der Waals surface area contributed by atoms with E-state index in [0.717, 1.165) is 50.8 Å². The van der Waals surface area contributed by atoms with Crippen LogP contribution in [0.4, 0.5) is 0 Å².